The van der Waals surface area contributed by atoms with Gasteiger partial charge in [-0.3, -0.25) is 0 Å². The Morgan fingerprint density at radius 2 is 1.93 bits per heavy atom. The van der Waals surface area contributed by atoms with Gasteiger partial charge in [0.05, 0.1) is 10.0 Å². The van der Waals surface area contributed by atoms with Gasteiger partial charge in [0.2, 0.25) is 0 Å². The third kappa shape index (κ3) is 3.54. The van der Waals surface area contributed by atoms with E-state index in [1.807, 2.05) is 24.4 Å². The maximum Gasteiger partial charge on any atom is 0.318 e. The van der Waals surface area contributed by atoms with Crippen LogP contribution in [0.5, 0.6) is 6.01 Å². The van der Waals surface area contributed by atoms with Gasteiger partial charge < -0.3 is 4.74 Å². The van der Waals surface area contributed by atoms with Crippen molar-refractivity contribution in [2.45, 2.75) is 58.0 Å². The zero-order valence-electron chi connectivity index (χ0n) is 16.8. The number of halogens is 2. The average Bonchev–Trinajstić information content (AvgIpc) is 3.37. The SMILES string of the molecule is CC(C)(C)c1sc2nc(OC3CC4CCC3C4)ncc2c1-c1ccc(Cl)c(Cl)c1. The first kappa shape index (κ1) is 19.6. The predicted octanol–water partition coefficient (Wildman–Crippen LogP) is 7.53. The molecule has 1 aromatic carbocycles. The molecule has 3 unspecified atom stereocenters. The number of hydrogen-bond donors (Lipinski definition) is 0. The number of rotatable bonds is 3. The molecule has 0 radical (unpaired) electrons. The van der Waals surface area contributed by atoms with Crippen molar-refractivity contribution in [3.05, 3.63) is 39.3 Å². The highest BCUT2D eigenvalue weighted by Crippen LogP contribution is 2.47. The molecule has 2 aliphatic carbocycles. The topological polar surface area (TPSA) is 35.0 Å². The standard InChI is InChI=1S/C23H24Cl2N2OS/c1-23(2,3)20-19(14-6-7-16(24)17(25)10-14)15-11-26-22(27-21(15)29-20)28-18-9-12-4-5-13(18)8-12/h6-7,10-13,18H,4-5,8-9H2,1-3H3. The number of thiophene rings is 1. The Morgan fingerprint density at radius 1 is 1.10 bits per heavy atom. The van der Waals surface area contributed by atoms with Crippen molar-refractivity contribution in [1.82, 2.24) is 9.97 Å². The Bertz CT molecular complexity index is 1090. The van der Waals surface area contributed by atoms with E-state index in [2.05, 4.69) is 25.8 Å². The van der Waals surface area contributed by atoms with Crippen LogP contribution in [0.2, 0.25) is 10.0 Å². The van der Waals surface area contributed by atoms with Crippen LogP contribution < -0.4 is 4.74 Å². The van der Waals surface area contributed by atoms with Crippen LogP contribution in [-0.4, -0.2) is 16.1 Å². The normalized spacial score (nSPS) is 23.8. The van der Waals surface area contributed by atoms with E-state index in [0.29, 0.717) is 22.0 Å². The first-order valence-electron chi connectivity index (χ1n) is 10.2. The minimum atomic E-state index is -0.0293. The molecule has 3 atom stereocenters. The zero-order chi connectivity index (χ0) is 20.3. The van der Waals surface area contributed by atoms with Gasteiger partial charge in [-0.2, -0.15) is 4.98 Å². The molecule has 2 fully saturated rings. The molecule has 2 aliphatic rings. The smallest absolute Gasteiger partial charge is 0.318 e. The molecule has 3 nitrogen and oxygen atoms in total. The van der Waals surface area contributed by atoms with Crippen LogP contribution in [0.3, 0.4) is 0 Å². The molecular weight excluding hydrogens is 423 g/mol. The summed E-state index contributed by atoms with van der Waals surface area (Å²) in [5.74, 6) is 1.52. The fraction of sp³-hybridized carbons (Fsp3) is 0.478. The molecule has 0 aliphatic heterocycles. The van der Waals surface area contributed by atoms with Gasteiger partial charge in [-0.15, -0.1) is 11.3 Å². The number of hydrogen-bond acceptors (Lipinski definition) is 4. The van der Waals surface area contributed by atoms with E-state index in [1.54, 1.807) is 11.3 Å². The average molecular weight is 447 g/mol. The molecule has 152 valence electrons. The molecule has 0 saturated heterocycles. The summed E-state index contributed by atoms with van der Waals surface area (Å²) < 4.78 is 6.24. The van der Waals surface area contributed by atoms with Gasteiger partial charge >= 0.3 is 6.01 Å². The van der Waals surface area contributed by atoms with Crippen molar-refractivity contribution in [2.75, 3.05) is 0 Å². The van der Waals surface area contributed by atoms with Crippen LogP contribution in [0.1, 0.15) is 51.3 Å². The van der Waals surface area contributed by atoms with E-state index >= 15 is 0 Å². The molecule has 0 spiro atoms. The van der Waals surface area contributed by atoms with Crippen LogP contribution in [0.15, 0.2) is 24.4 Å². The van der Waals surface area contributed by atoms with Gasteiger partial charge in [-0.05, 0) is 60.6 Å². The van der Waals surface area contributed by atoms with E-state index in [4.69, 9.17) is 32.9 Å². The second-order valence-corrected chi connectivity index (χ2v) is 11.2. The highest BCUT2D eigenvalue weighted by Gasteiger charge is 2.41. The van der Waals surface area contributed by atoms with E-state index in [0.717, 1.165) is 33.7 Å². The fourth-order valence-electron chi connectivity index (χ4n) is 4.86. The van der Waals surface area contributed by atoms with Crippen LogP contribution >= 0.6 is 34.5 Å². The first-order chi connectivity index (χ1) is 13.8. The fourth-order valence-corrected chi connectivity index (χ4v) is 6.38. The van der Waals surface area contributed by atoms with E-state index < -0.39 is 0 Å². The third-order valence-corrected chi connectivity index (χ3v) is 8.51. The van der Waals surface area contributed by atoms with Crippen molar-refractivity contribution in [2.24, 2.45) is 11.8 Å². The summed E-state index contributed by atoms with van der Waals surface area (Å²) in [7, 11) is 0. The van der Waals surface area contributed by atoms with Gasteiger partial charge in [0.1, 0.15) is 10.9 Å². The molecule has 0 amide bonds. The quantitative estimate of drug-likeness (QED) is 0.416. The van der Waals surface area contributed by atoms with E-state index in [-0.39, 0.29) is 11.5 Å². The molecule has 5 rings (SSSR count). The first-order valence-corrected chi connectivity index (χ1v) is 11.8. The molecule has 6 heteroatoms. The lowest BCUT2D eigenvalue weighted by Crippen LogP contribution is -2.24. The van der Waals surface area contributed by atoms with Crippen molar-refractivity contribution >= 4 is 44.8 Å². The second kappa shape index (κ2) is 7.11. The highest BCUT2D eigenvalue weighted by atomic mass is 35.5. The number of fused-ring (bicyclic) bond motifs is 3. The number of aromatic nitrogens is 2. The lowest BCUT2D eigenvalue weighted by molar-refractivity contribution is 0.126. The number of benzene rings is 1. The molecule has 29 heavy (non-hydrogen) atoms. The van der Waals surface area contributed by atoms with Crippen molar-refractivity contribution < 1.29 is 4.74 Å². The van der Waals surface area contributed by atoms with Crippen LogP contribution in [0.4, 0.5) is 0 Å². The van der Waals surface area contributed by atoms with E-state index in [1.165, 1.54) is 24.1 Å². The van der Waals surface area contributed by atoms with Crippen molar-refractivity contribution in [3.8, 4) is 17.1 Å². The third-order valence-electron chi connectivity index (χ3n) is 6.25. The Balaban J connectivity index is 1.57. The highest BCUT2D eigenvalue weighted by molar-refractivity contribution is 7.19. The van der Waals surface area contributed by atoms with Gasteiger partial charge in [0.25, 0.3) is 0 Å². The van der Waals surface area contributed by atoms with Crippen LogP contribution in [-0.2, 0) is 5.41 Å². The van der Waals surface area contributed by atoms with Crippen LogP contribution in [0.25, 0.3) is 21.3 Å². The molecule has 3 aromatic rings. The molecule has 2 bridgehead atoms. The summed E-state index contributed by atoms with van der Waals surface area (Å²) in [6, 6.07) is 6.31. The summed E-state index contributed by atoms with van der Waals surface area (Å²) in [6.45, 7) is 6.66. The largest absolute Gasteiger partial charge is 0.460 e. The van der Waals surface area contributed by atoms with Crippen LogP contribution in [0, 0.1) is 11.8 Å². The van der Waals surface area contributed by atoms with Gasteiger partial charge in [-0.1, -0.05) is 50.0 Å². The molecule has 2 saturated carbocycles. The number of ether oxygens (including phenoxy) is 1. The predicted molar refractivity (Wildman–Crippen MR) is 121 cm³/mol. The lowest BCUT2D eigenvalue weighted by Gasteiger charge is -2.21. The maximum atomic E-state index is 6.32. The van der Waals surface area contributed by atoms with Gasteiger partial charge in [-0.25, -0.2) is 4.98 Å². The van der Waals surface area contributed by atoms with Gasteiger partial charge in [0, 0.05) is 22.0 Å². The Hall–Kier alpha value is -1.36. The molecule has 2 heterocycles. The Kier molecular flexibility index (Phi) is 4.80. The summed E-state index contributed by atoms with van der Waals surface area (Å²) in [5, 5.41) is 2.16. The summed E-state index contributed by atoms with van der Waals surface area (Å²) in [5.41, 5.74) is 2.15. The Labute approximate surface area is 185 Å². The second-order valence-electron chi connectivity index (χ2n) is 9.39. The van der Waals surface area contributed by atoms with Gasteiger partial charge in [0.15, 0.2) is 0 Å². The zero-order valence-corrected chi connectivity index (χ0v) is 19.2. The van der Waals surface area contributed by atoms with Crippen molar-refractivity contribution in [1.29, 1.82) is 0 Å². The minimum absolute atomic E-state index is 0.0293. The van der Waals surface area contributed by atoms with Crippen molar-refractivity contribution in [3.63, 3.8) is 0 Å². The Morgan fingerprint density at radius 3 is 2.59 bits per heavy atom. The minimum Gasteiger partial charge on any atom is -0.460 e. The lowest BCUT2D eigenvalue weighted by atomic mass is 9.88. The monoisotopic (exact) mass is 446 g/mol. The van der Waals surface area contributed by atoms with E-state index in [9.17, 15) is 0 Å². The number of nitrogens with zero attached hydrogens (tertiary/aromatic N) is 2. The molecule has 2 aromatic heterocycles. The summed E-state index contributed by atoms with van der Waals surface area (Å²) in [4.78, 5) is 11.6. The molecule has 0 N–H and O–H groups in total. The molecular formula is C23H24Cl2N2OS. The summed E-state index contributed by atoms with van der Waals surface area (Å²) >= 11 is 14.2. The summed E-state index contributed by atoms with van der Waals surface area (Å²) in [6.07, 6.45) is 7.29. The maximum absolute atomic E-state index is 6.32.